The molecular formula is C48H52BBrN6O6. The maximum absolute atomic E-state index is 10.2. The molecule has 8 rings (SSSR count). The molecule has 0 unspecified atom stereocenters. The van der Waals surface area contributed by atoms with Gasteiger partial charge < -0.3 is 29.7 Å². The molecule has 0 fully saturated rings. The lowest BCUT2D eigenvalue weighted by Crippen LogP contribution is -2.30. The van der Waals surface area contributed by atoms with E-state index in [9.17, 15) is 10.2 Å². The number of aromatic nitrogens is 6. The Labute approximate surface area is 370 Å². The molecule has 0 saturated carbocycles. The summed E-state index contributed by atoms with van der Waals surface area (Å²) in [6, 6.07) is 38.0. The van der Waals surface area contributed by atoms with Crippen molar-refractivity contribution in [3.05, 3.63) is 150 Å². The van der Waals surface area contributed by atoms with Gasteiger partial charge in [-0.05, 0) is 161 Å². The number of halogens is 1. The lowest BCUT2D eigenvalue weighted by atomic mass is 9.79. The van der Waals surface area contributed by atoms with Crippen LogP contribution in [0.15, 0.2) is 139 Å². The molecule has 62 heavy (non-hydrogen) atoms. The summed E-state index contributed by atoms with van der Waals surface area (Å²) in [5, 5.41) is 37.4. The zero-order valence-electron chi connectivity index (χ0n) is 36.1. The van der Waals surface area contributed by atoms with Crippen molar-refractivity contribution in [1.82, 2.24) is 29.1 Å². The molecule has 0 atom stereocenters. The van der Waals surface area contributed by atoms with Crippen molar-refractivity contribution >= 4 is 50.8 Å². The van der Waals surface area contributed by atoms with Crippen LogP contribution in [0.5, 0.6) is 11.5 Å². The molecule has 8 aromatic rings. The molecule has 320 valence electrons. The second kappa shape index (κ2) is 19.4. The predicted molar refractivity (Wildman–Crippen MR) is 249 cm³/mol. The van der Waals surface area contributed by atoms with Gasteiger partial charge >= 0.3 is 7.12 Å². The molecule has 0 aliphatic heterocycles. The van der Waals surface area contributed by atoms with Gasteiger partial charge in [0.2, 0.25) is 0 Å². The van der Waals surface area contributed by atoms with E-state index in [1.807, 2.05) is 134 Å². The first-order chi connectivity index (χ1) is 29.3. The SMILES string of the molecule is CC(C)(O)c1ccc(B(O)O)cc1.CC(C)Oc1ccc(-n2cnc3ccc(-c4ccc(C(C)(C)O)cc4)nc32)cc1.CC(C)Oc1ccc(-n2cnc3ccc(Br)nc32)cc1. The summed E-state index contributed by atoms with van der Waals surface area (Å²) >= 11 is 3.39. The van der Waals surface area contributed by atoms with Crippen LogP contribution in [-0.4, -0.2) is 68.7 Å². The van der Waals surface area contributed by atoms with E-state index in [1.54, 1.807) is 64.6 Å². The number of imidazole rings is 2. The molecule has 4 aromatic carbocycles. The van der Waals surface area contributed by atoms with Crippen LogP contribution in [0.25, 0.3) is 45.0 Å². The second-order valence-corrected chi connectivity index (χ2v) is 17.1. The Bertz CT molecular complexity index is 2690. The van der Waals surface area contributed by atoms with Gasteiger partial charge in [0, 0.05) is 16.9 Å². The third kappa shape index (κ3) is 11.7. The van der Waals surface area contributed by atoms with Crippen LogP contribution < -0.4 is 14.9 Å². The summed E-state index contributed by atoms with van der Waals surface area (Å²) in [6.45, 7) is 15.0. The van der Waals surface area contributed by atoms with Crippen molar-refractivity contribution in [3.8, 4) is 34.1 Å². The number of benzene rings is 4. The molecular weight excluding hydrogens is 847 g/mol. The molecule has 4 N–H and O–H groups in total. The first kappa shape index (κ1) is 45.6. The Kier molecular flexibility index (Phi) is 14.3. The average molecular weight is 900 g/mol. The van der Waals surface area contributed by atoms with Gasteiger partial charge in [-0.15, -0.1) is 0 Å². The van der Waals surface area contributed by atoms with Gasteiger partial charge in [0.25, 0.3) is 0 Å². The molecule has 0 radical (unpaired) electrons. The smallest absolute Gasteiger partial charge is 0.488 e. The van der Waals surface area contributed by atoms with Crippen molar-refractivity contribution in [2.75, 3.05) is 0 Å². The van der Waals surface area contributed by atoms with Crippen molar-refractivity contribution < 1.29 is 29.7 Å². The third-order valence-corrected chi connectivity index (χ3v) is 9.97. The molecule has 0 amide bonds. The van der Waals surface area contributed by atoms with Crippen LogP contribution in [-0.2, 0) is 11.2 Å². The first-order valence-corrected chi connectivity index (χ1v) is 21.0. The highest BCUT2D eigenvalue weighted by Gasteiger charge is 2.18. The van der Waals surface area contributed by atoms with Gasteiger partial charge in [0.05, 0.1) is 29.1 Å². The van der Waals surface area contributed by atoms with Crippen LogP contribution in [0.1, 0.15) is 66.5 Å². The Morgan fingerprint density at radius 2 is 0.968 bits per heavy atom. The average Bonchev–Trinajstić information content (AvgIpc) is 3.85. The van der Waals surface area contributed by atoms with Crippen molar-refractivity contribution in [3.63, 3.8) is 0 Å². The van der Waals surface area contributed by atoms with Crippen LogP contribution in [0, 0.1) is 0 Å². The lowest BCUT2D eigenvalue weighted by Gasteiger charge is -2.17. The fraction of sp³-hybridized carbons (Fsp3) is 0.250. The van der Waals surface area contributed by atoms with Crippen molar-refractivity contribution in [2.45, 2.75) is 78.8 Å². The van der Waals surface area contributed by atoms with Crippen LogP contribution in [0.4, 0.5) is 0 Å². The van der Waals surface area contributed by atoms with Gasteiger partial charge in [-0.1, -0.05) is 48.5 Å². The minimum absolute atomic E-state index is 0.141. The maximum atomic E-state index is 10.2. The predicted octanol–water partition coefficient (Wildman–Crippen LogP) is 8.67. The minimum atomic E-state index is -1.45. The number of ether oxygens (including phenoxy) is 2. The van der Waals surface area contributed by atoms with E-state index in [1.165, 1.54) is 0 Å². The van der Waals surface area contributed by atoms with E-state index in [0.717, 1.165) is 72.2 Å². The molecule has 14 heteroatoms. The van der Waals surface area contributed by atoms with Gasteiger partial charge in [-0.25, -0.2) is 19.9 Å². The van der Waals surface area contributed by atoms with E-state index in [4.69, 9.17) is 24.5 Å². The summed E-state index contributed by atoms with van der Waals surface area (Å²) in [6.07, 6.45) is 3.88. The number of hydrogen-bond acceptors (Lipinski definition) is 10. The fourth-order valence-electron chi connectivity index (χ4n) is 6.33. The lowest BCUT2D eigenvalue weighted by molar-refractivity contribution is 0.0780. The zero-order chi connectivity index (χ0) is 44.8. The fourth-order valence-corrected chi connectivity index (χ4v) is 6.63. The Balaban J connectivity index is 0.000000168. The summed E-state index contributed by atoms with van der Waals surface area (Å²) in [7, 11) is -1.45. The van der Waals surface area contributed by atoms with Gasteiger partial charge in [-0.2, -0.15) is 0 Å². The number of fused-ring (bicyclic) bond motifs is 2. The Morgan fingerprint density at radius 3 is 1.39 bits per heavy atom. The van der Waals surface area contributed by atoms with E-state index < -0.39 is 18.3 Å². The first-order valence-electron chi connectivity index (χ1n) is 20.3. The number of aliphatic hydroxyl groups is 2. The van der Waals surface area contributed by atoms with Gasteiger partial charge in [-0.3, -0.25) is 9.13 Å². The van der Waals surface area contributed by atoms with Crippen LogP contribution in [0.3, 0.4) is 0 Å². The van der Waals surface area contributed by atoms with E-state index in [0.29, 0.717) is 5.46 Å². The Hall–Kier alpha value is -5.90. The maximum Gasteiger partial charge on any atom is 0.488 e. The largest absolute Gasteiger partial charge is 0.491 e. The van der Waals surface area contributed by atoms with Crippen molar-refractivity contribution in [2.24, 2.45) is 0 Å². The third-order valence-electron chi connectivity index (χ3n) is 9.53. The highest BCUT2D eigenvalue weighted by molar-refractivity contribution is 9.10. The number of pyridine rings is 2. The molecule has 12 nitrogen and oxygen atoms in total. The molecule has 4 heterocycles. The van der Waals surface area contributed by atoms with E-state index in [2.05, 4.69) is 30.9 Å². The highest BCUT2D eigenvalue weighted by atomic mass is 79.9. The summed E-state index contributed by atoms with van der Waals surface area (Å²) in [5.41, 5.74) is 7.47. The quantitative estimate of drug-likeness (QED) is 0.0773. The standard InChI is InChI=1S/C24H25N3O2.C15H14BrN3O.C9H13BO3/c1-16(2)29-20-11-9-19(10-12-20)27-15-25-22-14-13-21(26-23(22)27)17-5-7-18(8-6-17)24(3,4)28;1-10(2)20-12-5-3-11(4-6-12)19-9-17-13-7-8-14(16)18-15(13)19;1-9(2,11)7-3-5-8(6-4-7)10(12)13/h5-16,28H,1-4H3;3-10H,1-2H3;3-6,11-13H,1-2H3. The summed E-state index contributed by atoms with van der Waals surface area (Å²) < 4.78 is 16.1. The van der Waals surface area contributed by atoms with Crippen LogP contribution >= 0.6 is 15.9 Å². The molecule has 0 aliphatic rings. The minimum Gasteiger partial charge on any atom is -0.491 e. The molecule has 4 aromatic heterocycles. The van der Waals surface area contributed by atoms with Gasteiger partial charge in [0.15, 0.2) is 11.3 Å². The Morgan fingerprint density at radius 1 is 0.548 bits per heavy atom. The normalized spacial score (nSPS) is 11.6. The van der Waals surface area contributed by atoms with Crippen molar-refractivity contribution in [1.29, 1.82) is 0 Å². The second-order valence-electron chi connectivity index (χ2n) is 16.3. The summed E-state index contributed by atoms with van der Waals surface area (Å²) in [4.78, 5) is 18.2. The highest BCUT2D eigenvalue weighted by Crippen LogP contribution is 2.27. The van der Waals surface area contributed by atoms with Crippen LogP contribution in [0.2, 0.25) is 0 Å². The number of hydrogen-bond donors (Lipinski definition) is 4. The topological polar surface area (TPSA) is 161 Å². The number of rotatable bonds is 10. The van der Waals surface area contributed by atoms with Gasteiger partial charge in [0.1, 0.15) is 39.8 Å². The van der Waals surface area contributed by atoms with E-state index >= 15 is 0 Å². The monoisotopic (exact) mass is 898 g/mol. The molecule has 0 saturated heterocycles. The number of nitrogens with zero attached hydrogens (tertiary/aromatic N) is 6. The molecule has 0 bridgehead atoms. The molecule has 0 spiro atoms. The van der Waals surface area contributed by atoms with E-state index in [-0.39, 0.29) is 12.2 Å². The zero-order valence-corrected chi connectivity index (χ0v) is 37.7. The summed E-state index contributed by atoms with van der Waals surface area (Å²) in [5.74, 6) is 1.70. The molecule has 0 aliphatic carbocycles.